The van der Waals surface area contributed by atoms with E-state index < -0.39 is 0 Å². The summed E-state index contributed by atoms with van der Waals surface area (Å²) in [6.07, 6.45) is 0.454. The van der Waals surface area contributed by atoms with E-state index in [1.807, 2.05) is 6.92 Å². The Labute approximate surface area is 92.5 Å². The van der Waals surface area contributed by atoms with Crippen LogP contribution in [0.1, 0.15) is 27.2 Å². The fourth-order valence-corrected chi connectivity index (χ4v) is 1.30. The molecule has 0 heterocycles. The quantitative estimate of drug-likeness (QED) is 0.574. The monoisotopic (exact) mass is 217 g/mol. The van der Waals surface area contributed by atoms with Crippen molar-refractivity contribution in [1.29, 1.82) is 0 Å². The number of esters is 1. The highest BCUT2D eigenvalue weighted by molar-refractivity contribution is 5.69. The summed E-state index contributed by atoms with van der Waals surface area (Å²) in [7, 11) is 1.68. The molecule has 0 amide bonds. The Balaban J connectivity index is 3.79. The van der Waals surface area contributed by atoms with Crippen molar-refractivity contribution in [3.8, 4) is 0 Å². The van der Waals surface area contributed by atoms with Gasteiger partial charge >= 0.3 is 5.97 Å². The van der Waals surface area contributed by atoms with Crippen LogP contribution < -0.4 is 0 Å². The number of carbonyl (C=O) groups excluding carboxylic acids is 1. The maximum absolute atomic E-state index is 11.2. The molecule has 0 N–H and O–H groups in total. The molecule has 0 unspecified atom stereocenters. The van der Waals surface area contributed by atoms with E-state index in [0.717, 1.165) is 13.1 Å². The topological polar surface area (TPSA) is 38.8 Å². The molecule has 0 aromatic rings. The second kappa shape index (κ2) is 8.68. The number of nitrogens with zero attached hydrogens (tertiary/aromatic N) is 1. The lowest BCUT2D eigenvalue weighted by Crippen LogP contribution is -2.35. The zero-order chi connectivity index (χ0) is 11.7. The Morgan fingerprint density at radius 3 is 2.47 bits per heavy atom. The normalized spacial score (nSPS) is 11.1. The summed E-state index contributed by atoms with van der Waals surface area (Å²) in [5, 5.41) is 0. The van der Waals surface area contributed by atoms with Gasteiger partial charge in [-0.2, -0.15) is 0 Å². The first-order valence-corrected chi connectivity index (χ1v) is 5.50. The highest BCUT2D eigenvalue weighted by Gasteiger charge is 2.11. The van der Waals surface area contributed by atoms with Crippen LogP contribution in [0.4, 0.5) is 0 Å². The summed E-state index contributed by atoms with van der Waals surface area (Å²) in [5.41, 5.74) is 0. The smallest absolute Gasteiger partial charge is 0.307 e. The van der Waals surface area contributed by atoms with Crippen LogP contribution in [0.25, 0.3) is 0 Å². The van der Waals surface area contributed by atoms with Gasteiger partial charge in [0.15, 0.2) is 0 Å². The van der Waals surface area contributed by atoms with Crippen molar-refractivity contribution in [3.05, 3.63) is 0 Å². The number of methoxy groups -OCH3 is 1. The molecule has 0 atom stereocenters. The highest BCUT2D eigenvalue weighted by atomic mass is 16.5. The van der Waals surface area contributed by atoms with Crippen LogP contribution in [-0.4, -0.2) is 50.3 Å². The van der Waals surface area contributed by atoms with Crippen LogP contribution in [0.5, 0.6) is 0 Å². The lowest BCUT2D eigenvalue weighted by molar-refractivity contribution is -0.143. The molecule has 0 saturated heterocycles. The first-order valence-electron chi connectivity index (χ1n) is 5.50. The molecular weight excluding hydrogens is 194 g/mol. The van der Waals surface area contributed by atoms with Gasteiger partial charge in [0.2, 0.25) is 0 Å². The van der Waals surface area contributed by atoms with Crippen molar-refractivity contribution in [2.24, 2.45) is 0 Å². The number of ether oxygens (including phenoxy) is 2. The van der Waals surface area contributed by atoms with Crippen LogP contribution >= 0.6 is 0 Å². The van der Waals surface area contributed by atoms with E-state index in [2.05, 4.69) is 18.7 Å². The molecule has 15 heavy (non-hydrogen) atoms. The third-order valence-electron chi connectivity index (χ3n) is 2.22. The molecule has 0 aromatic heterocycles. The molecule has 0 aliphatic heterocycles. The number of carbonyl (C=O) groups is 1. The summed E-state index contributed by atoms with van der Waals surface area (Å²) in [6.45, 7) is 8.79. The predicted molar refractivity (Wildman–Crippen MR) is 59.8 cm³/mol. The SMILES string of the molecule is CCOC(=O)CCN(CCOC)C(C)C. The second-order valence-electron chi connectivity index (χ2n) is 3.68. The predicted octanol–water partition coefficient (Wildman–Crippen LogP) is 1.30. The van der Waals surface area contributed by atoms with Crippen LogP contribution in [-0.2, 0) is 14.3 Å². The first kappa shape index (κ1) is 14.4. The van der Waals surface area contributed by atoms with Gasteiger partial charge in [0.05, 0.1) is 19.6 Å². The maximum Gasteiger partial charge on any atom is 0.307 e. The third kappa shape index (κ3) is 7.33. The fourth-order valence-electron chi connectivity index (χ4n) is 1.30. The van der Waals surface area contributed by atoms with Crippen LogP contribution in [0.3, 0.4) is 0 Å². The lowest BCUT2D eigenvalue weighted by atomic mass is 10.3. The average Bonchev–Trinajstić information content (AvgIpc) is 2.17. The van der Waals surface area contributed by atoms with E-state index in [-0.39, 0.29) is 5.97 Å². The molecule has 4 nitrogen and oxygen atoms in total. The number of rotatable bonds is 8. The van der Waals surface area contributed by atoms with Gasteiger partial charge < -0.3 is 9.47 Å². The van der Waals surface area contributed by atoms with Gasteiger partial charge in [-0.3, -0.25) is 9.69 Å². The summed E-state index contributed by atoms with van der Waals surface area (Å²) in [6, 6.07) is 0.426. The average molecular weight is 217 g/mol. The van der Waals surface area contributed by atoms with E-state index in [0.29, 0.717) is 25.7 Å². The zero-order valence-electron chi connectivity index (χ0n) is 10.3. The Bertz CT molecular complexity index is 171. The maximum atomic E-state index is 11.2. The summed E-state index contributed by atoms with van der Waals surface area (Å²) < 4.78 is 9.90. The third-order valence-corrected chi connectivity index (χ3v) is 2.22. The van der Waals surface area contributed by atoms with Gasteiger partial charge in [0.25, 0.3) is 0 Å². The summed E-state index contributed by atoms with van der Waals surface area (Å²) >= 11 is 0. The molecule has 0 aliphatic rings. The van der Waals surface area contributed by atoms with Crippen LogP contribution in [0.2, 0.25) is 0 Å². The first-order chi connectivity index (χ1) is 7.11. The van der Waals surface area contributed by atoms with E-state index in [1.54, 1.807) is 7.11 Å². The molecule has 0 fully saturated rings. The molecule has 0 bridgehead atoms. The van der Waals surface area contributed by atoms with Crippen molar-refractivity contribution in [2.75, 3.05) is 33.4 Å². The second-order valence-corrected chi connectivity index (χ2v) is 3.68. The van der Waals surface area contributed by atoms with E-state index in [4.69, 9.17) is 9.47 Å². The minimum Gasteiger partial charge on any atom is -0.466 e. The zero-order valence-corrected chi connectivity index (χ0v) is 10.3. The number of hydrogen-bond acceptors (Lipinski definition) is 4. The van der Waals surface area contributed by atoms with Crippen LogP contribution in [0.15, 0.2) is 0 Å². The molecule has 90 valence electrons. The highest BCUT2D eigenvalue weighted by Crippen LogP contribution is 2.00. The van der Waals surface area contributed by atoms with Crippen molar-refractivity contribution in [2.45, 2.75) is 33.2 Å². The molecule has 0 radical (unpaired) electrons. The van der Waals surface area contributed by atoms with E-state index >= 15 is 0 Å². The standard InChI is InChI=1S/C11H23NO3/c1-5-15-11(13)6-7-12(10(2)3)8-9-14-4/h10H,5-9H2,1-4H3. The summed E-state index contributed by atoms with van der Waals surface area (Å²) in [5.74, 6) is -0.124. The van der Waals surface area contributed by atoms with Gasteiger partial charge in [-0.05, 0) is 20.8 Å². The van der Waals surface area contributed by atoms with Gasteiger partial charge in [-0.25, -0.2) is 0 Å². The Morgan fingerprint density at radius 1 is 1.33 bits per heavy atom. The lowest BCUT2D eigenvalue weighted by Gasteiger charge is -2.25. The minimum absolute atomic E-state index is 0.124. The molecule has 0 rings (SSSR count). The molecule has 0 saturated carbocycles. The van der Waals surface area contributed by atoms with Gasteiger partial charge in [0, 0.05) is 26.2 Å². The molecular formula is C11H23NO3. The van der Waals surface area contributed by atoms with Gasteiger partial charge in [-0.1, -0.05) is 0 Å². The Hall–Kier alpha value is -0.610. The molecule has 0 spiro atoms. The van der Waals surface area contributed by atoms with Crippen molar-refractivity contribution < 1.29 is 14.3 Å². The number of hydrogen-bond donors (Lipinski definition) is 0. The Kier molecular flexibility index (Phi) is 8.33. The molecule has 4 heteroatoms. The van der Waals surface area contributed by atoms with Crippen molar-refractivity contribution in [3.63, 3.8) is 0 Å². The van der Waals surface area contributed by atoms with Crippen molar-refractivity contribution in [1.82, 2.24) is 4.90 Å². The molecule has 0 aliphatic carbocycles. The van der Waals surface area contributed by atoms with Gasteiger partial charge in [-0.15, -0.1) is 0 Å². The summed E-state index contributed by atoms with van der Waals surface area (Å²) in [4.78, 5) is 13.4. The largest absolute Gasteiger partial charge is 0.466 e. The van der Waals surface area contributed by atoms with E-state index in [1.165, 1.54) is 0 Å². The van der Waals surface area contributed by atoms with Crippen molar-refractivity contribution >= 4 is 5.97 Å². The van der Waals surface area contributed by atoms with Crippen LogP contribution in [0, 0.1) is 0 Å². The minimum atomic E-state index is -0.124. The fraction of sp³-hybridized carbons (Fsp3) is 0.909. The van der Waals surface area contributed by atoms with Gasteiger partial charge in [0.1, 0.15) is 0 Å². The Morgan fingerprint density at radius 2 is 2.00 bits per heavy atom. The van der Waals surface area contributed by atoms with E-state index in [9.17, 15) is 4.79 Å². The molecule has 0 aromatic carbocycles.